The van der Waals surface area contributed by atoms with Gasteiger partial charge in [-0.15, -0.1) is 0 Å². The van der Waals surface area contributed by atoms with Crippen molar-refractivity contribution in [1.29, 1.82) is 0 Å². The molecule has 4 nitrogen and oxygen atoms in total. The van der Waals surface area contributed by atoms with Crippen molar-refractivity contribution in [2.75, 3.05) is 19.8 Å². The van der Waals surface area contributed by atoms with E-state index >= 15 is 0 Å². The van der Waals surface area contributed by atoms with Crippen molar-refractivity contribution >= 4 is 11.0 Å². The summed E-state index contributed by atoms with van der Waals surface area (Å²) in [4.78, 5) is 4.77. The molecule has 2 atom stereocenters. The fraction of sp³-hybridized carbons (Fsp3) is 0.588. The van der Waals surface area contributed by atoms with Crippen LogP contribution in [0.15, 0.2) is 24.3 Å². The van der Waals surface area contributed by atoms with Crippen molar-refractivity contribution in [1.82, 2.24) is 14.9 Å². The number of imidazole rings is 1. The summed E-state index contributed by atoms with van der Waals surface area (Å²) < 4.78 is 7.97. The predicted molar refractivity (Wildman–Crippen MR) is 85.5 cm³/mol. The largest absolute Gasteiger partial charge is 0.381 e. The molecule has 1 aliphatic heterocycles. The Morgan fingerprint density at radius 2 is 2.24 bits per heavy atom. The summed E-state index contributed by atoms with van der Waals surface area (Å²) in [6.07, 6.45) is 2.13. The Hall–Kier alpha value is -1.39. The van der Waals surface area contributed by atoms with Gasteiger partial charge in [0, 0.05) is 31.5 Å². The molecule has 1 N–H and O–H groups in total. The number of fused-ring (bicyclic) bond motifs is 1. The number of likely N-dealkylation sites (N-methyl/N-ethyl adjacent to an activating group) is 1. The molecule has 0 bridgehead atoms. The number of nitrogens with zero attached hydrogens (tertiary/aromatic N) is 2. The van der Waals surface area contributed by atoms with Gasteiger partial charge in [-0.2, -0.15) is 0 Å². The average Bonchev–Trinajstić information content (AvgIpc) is 3.14. The molecule has 2 aromatic rings. The van der Waals surface area contributed by atoms with E-state index in [4.69, 9.17) is 9.72 Å². The standard InChI is InChI=1S/C17H25N3O/c1-3-17-19-14-7-5-6-8-16(14)20(17)11-15(18-4-2)13-9-10-21-12-13/h5-8,13,15,18H,3-4,9-12H2,1-2H3. The van der Waals surface area contributed by atoms with Gasteiger partial charge in [-0.1, -0.05) is 26.0 Å². The highest BCUT2D eigenvalue weighted by Crippen LogP contribution is 2.22. The number of hydrogen-bond acceptors (Lipinski definition) is 3. The van der Waals surface area contributed by atoms with E-state index < -0.39 is 0 Å². The van der Waals surface area contributed by atoms with Crippen LogP contribution in [0.1, 0.15) is 26.1 Å². The number of hydrogen-bond donors (Lipinski definition) is 1. The zero-order chi connectivity index (χ0) is 14.7. The molecule has 114 valence electrons. The number of rotatable bonds is 6. The smallest absolute Gasteiger partial charge is 0.109 e. The van der Waals surface area contributed by atoms with Crippen LogP contribution >= 0.6 is 0 Å². The van der Waals surface area contributed by atoms with E-state index in [0.29, 0.717) is 12.0 Å². The monoisotopic (exact) mass is 287 g/mol. The van der Waals surface area contributed by atoms with Crippen LogP contribution in [0.4, 0.5) is 0 Å². The van der Waals surface area contributed by atoms with Crippen LogP contribution in [0.2, 0.25) is 0 Å². The lowest BCUT2D eigenvalue weighted by atomic mass is 9.98. The molecule has 0 spiro atoms. The van der Waals surface area contributed by atoms with Gasteiger partial charge < -0.3 is 14.6 Å². The maximum atomic E-state index is 5.58. The maximum absolute atomic E-state index is 5.58. The maximum Gasteiger partial charge on any atom is 0.109 e. The summed E-state index contributed by atoms with van der Waals surface area (Å²) >= 11 is 0. The van der Waals surface area contributed by atoms with Gasteiger partial charge in [0.05, 0.1) is 17.6 Å². The molecule has 4 heteroatoms. The fourth-order valence-electron chi connectivity index (χ4n) is 3.31. The topological polar surface area (TPSA) is 39.1 Å². The van der Waals surface area contributed by atoms with Crippen molar-refractivity contribution in [2.45, 2.75) is 39.3 Å². The minimum atomic E-state index is 0.459. The van der Waals surface area contributed by atoms with Gasteiger partial charge in [0.25, 0.3) is 0 Å². The highest BCUT2D eigenvalue weighted by molar-refractivity contribution is 5.75. The van der Waals surface area contributed by atoms with Gasteiger partial charge in [0.1, 0.15) is 5.82 Å². The Morgan fingerprint density at radius 1 is 1.38 bits per heavy atom. The lowest BCUT2D eigenvalue weighted by Gasteiger charge is -2.25. The Bertz CT molecular complexity index is 587. The van der Waals surface area contributed by atoms with Gasteiger partial charge in [-0.05, 0) is 25.1 Å². The highest BCUT2D eigenvalue weighted by atomic mass is 16.5. The number of para-hydroxylation sites is 2. The molecule has 1 saturated heterocycles. The molecule has 0 saturated carbocycles. The lowest BCUT2D eigenvalue weighted by molar-refractivity contribution is 0.174. The Balaban J connectivity index is 1.90. The number of nitrogens with one attached hydrogen (secondary N) is 1. The van der Waals surface area contributed by atoms with Crippen molar-refractivity contribution in [3.8, 4) is 0 Å². The first-order chi connectivity index (χ1) is 10.3. The Kier molecular flexibility index (Phi) is 4.56. The molecule has 2 heterocycles. The van der Waals surface area contributed by atoms with Gasteiger partial charge in [0.2, 0.25) is 0 Å². The highest BCUT2D eigenvalue weighted by Gasteiger charge is 2.26. The molecular weight excluding hydrogens is 262 g/mol. The number of aromatic nitrogens is 2. The first-order valence-corrected chi connectivity index (χ1v) is 8.08. The molecule has 0 radical (unpaired) electrons. The second-order valence-electron chi connectivity index (χ2n) is 5.77. The molecule has 1 aromatic carbocycles. The third-order valence-electron chi connectivity index (χ3n) is 4.43. The first-order valence-electron chi connectivity index (χ1n) is 8.08. The summed E-state index contributed by atoms with van der Waals surface area (Å²) in [5.74, 6) is 1.79. The fourth-order valence-corrected chi connectivity index (χ4v) is 3.31. The quantitative estimate of drug-likeness (QED) is 0.887. The summed E-state index contributed by atoms with van der Waals surface area (Å²) in [5, 5.41) is 3.65. The van der Waals surface area contributed by atoms with Gasteiger partial charge in [0.15, 0.2) is 0 Å². The number of aryl methyl sites for hydroxylation is 1. The second kappa shape index (κ2) is 6.58. The van der Waals surface area contributed by atoms with E-state index in [9.17, 15) is 0 Å². The zero-order valence-corrected chi connectivity index (χ0v) is 13.0. The molecule has 0 aliphatic carbocycles. The zero-order valence-electron chi connectivity index (χ0n) is 13.0. The van der Waals surface area contributed by atoms with E-state index in [-0.39, 0.29) is 0 Å². The van der Waals surface area contributed by atoms with Crippen LogP contribution in [0.3, 0.4) is 0 Å². The average molecular weight is 287 g/mol. The van der Waals surface area contributed by atoms with E-state index in [2.05, 4.69) is 48.0 Å². The van der Waals surface area contributed by atoms with Crippen LogP contribution in [-0.4, -0.2) is 35.4 Å². The van der Waals surface area contributed by atoms with Gasteiger partial charge in [-0.3, -0.25) is 0 Å². The van der Waals surface area contributed by atoms with Crippen LogP contribution in [0.25, 0.3) is 11.0 Å². The first kappa shape index (κ1) is 14.5. The number of benzene rings is 1. The molecule has 2 unspecified atom stereocenters. The summed E-state index contributed by atoms with van der Waals surface area (Å²) in [6.45, 7) is 8.11. The van der Waals surface area contributed by atoms with Crippen molar-refractivity contribution in [2.24, 2.45) is 5.92 Å². The SMILES string of the molecule is CCNC(Cn1c(CC)nc2ccccc21)C1CCOC1. The van der Waals surface area contributed by atoms with E-state index in [1.165, 1.54) is 11.3 Å². The van der Waals surface area contributed by atoms with Crippen LogP contribution in [0, 0.1) is 5.92 Å². The lowest BCUT2D eigenvalue weighted by Crippen LogP contribution is -2.40. The molecular formula is C17H25N3O. The minimum Gasteiger partial charge on any atom is -0.381 e. The normalized spacial score (nSPS) is 20.2. The van der Waals surface area contributed by atoms with Crippen molar-refractivity contribution in [3.05, 3.63) is 30.1 Å². The Labute approximate surface area is 126 Å². The Morgan fingerprint density at radius 3 is 2.95 bits per heavy atom. The molecule has 1 aromatic heterocycles. The third kappa shape index (κ3) is 2.97. The van der Waals surface area contributed by atoms with Crippen LogP contribution in [0.5, 0.6) is 0 Å². The van der Waals surface area contributed by atoms with E-state index in [1.54, 1.807) is 0 Å². The molecule has 1 aliphatic rings. The van der Waals surface area contributed by atoms with E-state index in [1.807, 2.05) is 0 Å². The van der Waals surface area contributed by atoms with Crippen molar-refractivity contribution in [3.63, 3.8) is 0 Å². The van der Waals surface area contributed by atoms with Gasteiger partial charge >= 0.3 is 0 Å². The summed E-state index contributed by atoms with van der Waals surface area (Å²) in [7, 11) is 0. The molecule has 0 amide bonds. The minimum absolute atomic E-state index is 0.459. The van der Waals surface area contributed by atoms with Crippen LogP contribution < -0.4 is 5.32 Å². The number of ether oxygens (including phenoxy) is 1. The van der Waals surface area contributed by atoms with Crippen LogP contribution in [-0.2, 0) is 17.7 Å². The molecule has 21 heavy (non-hydrogen) atoms. The van der Waals surface area contributed by atoms with E-state index in [0.717, 1.165) is 44.7 Å². The third-order valence-corrected chi connectivity index (χ3v) is 4.43. The summed E-state index contributed by atoms with van der Waals surface area (Å²) in [5.41, 5.74) is 2.35. The second-order valence-corrected chi connectivity index (χ2v) is 5.77. The van der Waals surface area contributed by atoms with Crippen molar-refractivity contribution < 1.29 is 4.74 Å². The predicted octanol–water partition coefficient (Wildman–Crippen LogP) is 2.61. The van der Waals surface area contributed by atoms with Gasteiger partial charge in [-0.25, -0.2) is 4.98 Å². The molecule has 1 fully saturated rings. The molecule has 3 rings (SSSR count). The summed E-state index contributed by atoms with van der Waals surface area (Å²) in [6, 6.07) is 8.90.